The lowest BCUT2D eigenvalue weighted by Gasteiger charge is -1.97. The molecule has 0 aliphatic carbocycles. The second-order valence-corrected chi connectivity index (χ2v) is 2.56. The van der Waals surface area contributed by atoms with Crippen molar-refractivity contribution in [1.82, 2.24) is 0 Å². The van der Waals surface area contributed by atoms with Crippen LogP contribution in [0.3, 0.4) is 0 Å². The third-order valence-electron chi connectivity index (χ3n) is 1.49. The molecule has 1 nitrogen and oxygen atoms in total. The van der Waals surface area contributed by atoms with Crippen molar-refractivity contribution < 1.29 is 0 Å². The maximum atomic E-state index is 5.71. The van der Waals surface area contributed by atoms with Gasteiger partial charge in [-0.25, -0.2) is 0 Å². The van der Waals surface area contributed by atoms with Gasteiger partial charge < -0.3 is 5.73 Å². The summed E-state index contributed by atoms with van der Waals surface area (Å²) >= 11 is 5.71. The number of rotatable bonds is 1. The van der Waals surface area contributed by atoms with E-state index in [0.29, 0.717) is 12.4 Å². The molecule has 0 fully saturated rings. The van der Waals surface area contributed by atoms with Crippen molar-refractivity contribution in [2.75, 3.05) is 6.54 Å². The summed E-state index contributed by atoms with van der Waals surface area (Å²) in [4.78, 5) is 0. The quantitative estimate of drug-likeness (QED) is 0.516. The molecular weight excluding hydrogens is 170 g/mol. The van der Waals surface area contributed by atoms with Gasteiger partial charge in [-0.2, -0.15) is 0 Å². The molecule has 62 valence electrons. The molecule has 0 aliphatic rings. The summed E-state index contributed by atoms with van der Waals surface area (Å²) < 4.78 is 0. The van der Waals surface area contributed by atoms with Crippen molar-refractivity contribution >= 4 is 11.6 Å². The SMILES string of the molecule is NCC#Cc1ccccc1CCl. The predicted molar refractivity (Wildman–Crippen MR) is 51.9 cm³/mol. The Morgan fingerprint density at radius 3 is 2.75 bits per heavy atom. The fourth-order valence-electron chi connectivity index (χ4n) is 0.905. The summed E-state index contributed by atoms with van der Waals surface area (Å²) in [5, 5.41) is 0. The van der Waals surface area contributed by atoms with E-state index in [-0.39, 0.29) is 0 Å². The molecule has 0 amide bonds. The molecule has 0 aromatic heterocycles. The van der Waals surface area contributed by atoms with Crippen LogP contribution < -0.4 is 5.73 Å². The molecule has 0 aliphatic heterocycles. The van der Waals surface area contributed by atoms with Gasteiger partial charge in [0.25, 0.3) is 0 Å². The molecule has 0 bridgehead atoms. The van der Waals surface area contributed by atoms with Crippen LogP contribution in [0.1, 0.15) is 11.1 Å². The second kappa shape index (κ2) is 4.82. The highest BCUT2D eigenvalue weighted by atomic mass is 35.5. The smallest absolute Gasteiger partial charge is 0.0555 e. The van der Waals surface area contributed by atoms with Crippen molar-refractivity contribution in [3.05, 3.63) is 35.4 Å². The summed E-state index contributed by atoms with van der Waals surface area (Å²) in [5.41, 5.74) is 7.29. The number of halogens is 1. The number of nitrogens with two attached hydrogens (primary N) is 1. The van der Waals surface area contributed by atoms with Crippen molar-refractivity contribution in [3.8, 4) is 11.8 Å². The van der Waals surface area contributed by atoms with Crippen molar-refractivity contribution in [1.29, 1.82) is 0 Å². The molecule has 0 unspecified atom stereocenters. The Morgan fingerprint density at radius 1 is 1.33 bits per heavy atom. The lowest BCUT2D eigenvalue weighted by Crippen LogP contribution is -1.93. The van der Waals surface area contributed by atoms with Gasteiger partial charge in [0.2, 0.25) is 0 Å². The molecule has 1 aromatic rings. The summed E-state index contributed by atoms with van der Waals surface area (Å²) in [6, 6.07) is 7.80. The van der Waals surface area contributed by atoms with Crippen molar-refractivity contribution in [2.24, 2.45) is 5.73 Å². The highest BCUT2D eigenvalue weighted by molar-refractivity contribution is 6.17. The molecule has 0 saturated heterocycles. The van der Waals surface area contributed by atoms with Gasteiger partial charge in [0.05, 0.1) is 6.54 Å². The normalized spacial score (nSPS) is 8.83. The summed E-state index contributed by atoms with van der Waals surface area (Å²) in [6.07, 6.45) is 0. The number of benzene rings is 1. The van der Waals surface area contributed by atoms with Gasteiger partial charge in [-0.3, -0.25) is 0 Å². The van der Waals surface area contributed by atoms with Gasteiger partial charge >= 0.3 is 0 Å². The predicted octanol–water partition coefficient (Wildman–Crippen LogP) is 1.74. The highest BCUT2D eigenvalue weighted by Crippen LogP contribution is 2.09. The van der Waals surface area contributed by atoms with E-state index in [1.54, 1.807) is 0 Å². The molecule has 2 N–H and O–H groups in total. The monoisotopic (exact) mass is 179 g/mol. The summed E-state index contributed by atoms with van der Waals surface area (Å²) in [6.45, 7) is 0.386. The van der Waals surface area contributed by atoms with Crippen LogP contribution >= 0.6 is 11.6 Å². The Labute approximate surface area is 77.5 Å². The van der Waals surface area contributed by atoms with Crippen LogP contribution in [0, 0.1) is 11.8 Å². The zero-order valence-corrected chi connectivity index (χ0v) is 7.43. The average Bonchev–Trinajstić information content (AvgIpc) is 2.15. The van der Waals surface area contributed by atoms with Crippen LogP contribution in [0.5, 0.6) is 0 Å². The minimum Gasteiger partial charge on any atom is -0.320 e. The standard InChI is InChI=1S/C10H10ClN/c11-8-10-5-2-1-4-9(10)6-3-7-12/h1-2,4-5H,7-8,12H2. The molecule has 0 radical (unpaired) electrons. The van der Waals surface area contributed by atoms with Gasteiger partial charge in [0, 0.05) is 11.4 Å². The number of alkyl halides is 1. The second-order valence-electron chi connectivity index (χ2n) is 2.30. The van der Waals surface area contributed by atoms with Crippen LogP contribution in [-0.4, -0.2) is 6.54 Å². The maximum Gasteiger partial charge on any atom is 0.0555 e. The molecule has 0 heterocycles. The molecule has 2 heteroatoms. The average molecular weight is 180 g/mol. The topological polar surface area (TPSA) is 26.0 Å². The largest absolute Gasteiger partial charge is 0.320 e. The molecule has 0 spiro atoms. The Hall–Kier alpha value is -0.970. The van der Waals surface area contributed by atoms with Gasteiger partial charge in [-0.15, -0.1) is 11.6 Å². The van der Waals surface area contributed by atoms with Crippen LogP contribution in [-0.2, 0) is 5.88 Å². The first-order valence-electron chi connectivity index (χ1n) is 3.71. The molecule has 12 heavy (non-hydrogen) atoms. The number of hydrogen-bond acceptors (Lipinski definition) is 1. The third kappa shape index (κ3) is 2.27. The lowest BCUT2D eigenvalue weighted by molar-refractivity contribution is 1.30. The van der Waals surface area contributed by atoms with E-state index >= 15 is 0 Å². The van der Waals surface area contributed by atoms with E-state index in [1.807, 2.05) is 24.3 Å². The Kier molecular flexibility index (Phi) is 3.66. The van der Waals surface area contributed by atoms with Crippen molar-refractivity contribution in [3.63, 3.8) is 0 Å². The first-order chi connectivity index (χ1) is 5.88. The van der Waals surface area contributed by atoms with Crippen LogP contribution in [0.4, 0.5) is 0 Å². The highest BCUT2D eigenvalue weighted by Gasteiger charge is 1.94. The Balaban J connectivity index is 2.97. The van der Waals surface area contributed by atoms with E-state index in [9.17, 15) is 0 Å². The Bertz CT molecular complexity index is 309. The minimum atomic E-state index is 0.386. The first-order valence-corrected chi connectivity index (χ1v) is 4.24. The van der Waals surface area contributed by atoms with Gasteiger partial charge in [0.15, 0.2) is 0 Å². The van der Waals surface area contributed by atoms with E-state index in [4.69, 9.17) is 17.3 Å². The molecule has 1 aromatic carbocycles. The fourth-order valence-corrected chi connectivity index (χ4v) is 1.14. The third-order valence-corrected chi connectivity index (χ3v) is 1.77. The Morgan fingerprint density at radius 2 is 2.08 bits per heavy atom. The minimum absolute atomic E-state index is 0.386. The molecule has 1 rings (SSSR count). The van der Waals surface area contributed by atoms with Crippen LogP contribution in [0.15, 0.2) is 24.3 Å². The lowest BCUT2D eigenvalue weighted by atomic mass is 10.1. The van der Waals surface area contributed by atoms with Crippen LogP contribution in [0.25, 0.3) is 0 Å². The molecule has 0 atom stereocenters. The van der Waals surface area contributed by atoms with Crippen molar-refractivity contribution in [2.45, 2.75) is 5.88 Å². The molecular formula is C10H10ClN. The van der Waals surface area contributed by atoms with Gasteiger partial charge in [-0.05, 0) is 11.6 Å². The maximum absolute atomic E-state index is 5.71. The van der Waals surface area contributed by atoms with E-state index < -0.39 is 0 Å². The van der Waals surface area contributed by atoms with E-state index in [1.165, 1.54) is 0 Å². The zero-order valence-electron chi connectivity index (χ0n) is 6.68. The number of hydrogen-bond donors (Lipinski definition) is 1. The van der Waals surface area contributed by atoms with Crippen LogP contribution in [0.2, 0.25) is 0 Å². The van der Waals surface area contributed by atoms with Gasteiger partial charge in [0.1, 0.15) is 0 Å². The first kappa shape index (κ1) is 9.12. The fraction of sp³-hybridized carbons (Fsp3) is 0.200. The zero-order chi connectivity index (χ0) is 8.81. The summed E-state index contributed by atoms with van der Waals surface area (Å²) in [5.74, 6) is 6.26. The van der Waals surface area contributed by atoms with E-state index in [2.05, 4.69) is 11.8 Å². The molecule has 0 saturated carbocycles. The van der Waals surface area contributed by atoms with E-state index in [0.717, 1.165) is 11.1 Å². The summed E-state index contributed by atoms with van der Waals surface area (Å²) in [7, 11) is 0. The van der Waals surface area contributed by atoms with Gasteiger partial charge in [-0.1, -0.05) is 30.0 Å².